The Kier molecular flexibility index (Phi) is 9.65. The summed E-state index contributed by atoms with van der Waals surface area (Å²) in [5.41, 5.74) is 2.62. The number of guanidine groups is 1. The van der Waals surface area contributed by atoms with Gasteiger partial charge in [-0.25, -0.2) is 4.99 Å². The number of amides is 1. The maximum absolute atomic E-state index is 12.8. The fraction of sp³-hybridized carbons (Fsp3) is 0.440. The summed E-state index contributed by atoms with van der Waals surface area (Å²) < 4.78 is 11.5. The van der Waals surface area contributed by atoms with Gasteiger partial charge in [-0.3, -0.25) is 4.79 Å². The molecule has 2 aromatic carbocycles. The summed E-state index contributed by atoms with van der Waals surface area (Å²) in [7, 11) is 0. The summed E-state index contributed by atoms with van der Waals surface area (Å²) in [4.78, 5) is 19.5. The van der Waals surface area contributed by atoms with Crippen LogP contribution in [0.3, 0.4) is 0 Å². The molecule has 2 aliphatic heterocycles. The van der Waals surface area contributed by atoms with Crippen LogP contribution < -0.4 is 20.1 Å². The molecule has 0 bridgehead atoms. The van der Waals surface area contributed by atoms with Crippen LogP contribution in [0, 0.1) is 0 Å². The molecule has 0 spiro atoms. The second kappa shape index (κ2) is 12.7. The first kappa shape index (κ1) is 25.1. The first-order valence-corrected chi connectivity index (χ1v) is 11.6. The number of aliphatic imine (C=N–C) groups is 1. The van der Waals surface area contributed by atoms with Crippen LogP contribution in [0.25, 0.3) is 0 Å². The number of hydrogen-bond acceptors (Lipinski definition) is 4. The Labute approximate surface area is 213 Å². The Morgan fingerprint density at radius 1 is 1.00 bits per heavy atom. The second-order valence-corrected chi connectivity index (χ2v) is 8.09. The molecule has 1 saturated heterocycles. The van der Waals surface area contributed by atoms with Crippen LogP contribution >= 0.6 is 24.0 Å². The quantitative estimate of drug-likeness (QED) is 0.314. The molecule has 8 heteroatoms. The topological polar surface area (TPSA) is 75.2 Å². The zero-order valence-corrected chi connectivity index (χ0v) is 21.5. The van der Waals surface area contributed by atoms with Gasteiger partial charge in [0.1, 0.15) is 0 Å². The summed E-state index contributed by atoms with van der Waals surface area (Å²) in [6.45, 7) is 6.27. The van der Waals surface area contributed by atoms with Gasteiger partial charge in [-0.2, -0.15) is 0 Å². The molecule has 0 saturated carbocycles. The molecule has 1 fully saturated rings. The largest absolute Gasteiger partial charge is 0.490 e. The van der Waals surface area contributed by atoms with Gasteiger partial charge in [0.15, 0.2) is 17.5 Å². The van der Waals surface area contributed by atoms with E-state index in [2.05, 4.69) is 10.6 Å². The molecule has 2 heterocycles. The summed E-state index contributed by atoms with van der Waals surface area (Å²) in [6.07, 6.45) is 4.27. The molecule has 0 atom stereocenters. The minimum absolute atomic E-state index is 0. The minimum atomic E-state index is 0. The molecule has 2 aromatic rings. The lowest BCUT2D eigenvalue weighted by Gasteiger charge is -2.26. The smallest absolute Gasteiger partial charge is 0.253 e. The average Bonchev–Trinajstić information content (AvgIpc) is 3.08. The fourth-order valence-electron chi connectivity index (χ4n) is 3.94. The third-order valence-corrected chi connectivity index (χ3v) is 5.59. The van der Waals surface area contributed by atoms with E-state index in [0.717, 1.165) is 67.2 Å². The van der Waals surface area contributed by atoms with E-state index in [1.54, 1.807) is 0 Å². The number of fused-ring (bicyclic) bond motifs is 1. The Hall–Kier alpha value is -2.49. The number of ether oxygens (including phenoxy) is 2. The molecule has 4 rings (SSSR count). The SMILES string of the molecule is CCNC(=NCc1cccc(C(=O)N2CCCCC2)c1)Nc1ccc2c(c1)OCCCO2.I. The van der Waals surface area contributed by atoms with Gasteiger partial charge in [0.25, 0.3) is 5.91 Å². The number of likely N-dealkylation sites (tertiary alicyclic amines) is 1. The molecule has 0 unspecified atom stereocenters. The molecular weight excluding hydrogens is 531 g/mol. The van der Waals surface area contributed by atoms with Crippen LogP contribution in [-0.2, 0) is 6.54 Å². The maximum atomic E-state index is 12.8. The van der Waals surface area contributed by atoms with Crippen molar-refractivity contribution in [3.8, 4) is 11.5 Å². The van der Waals surface area contributed by atoms with E-state index < -0.39 is 0 Å². The molecule has 0 aliphatic carbocycles. The Morgan fingerprint density at radius 2 is 1.79 bits per heavy atom. The van der Waals surface area contributed by atoms with Gasteiger partial charge in [-0.05, 0) is 56.0 Å². The van der Waals surface area contributed by atoms with E-state index >= 15 is 0 Å². The highest BCUT2D eigenvalue weighted by Crippen LogP contribution is 2.32. The molecule has 2 N–H and O–H groups in total. The lowest BCUT2D eigenvalue weighted by atomic mass is 10.1. The van der Waals surface area contributed by atoms with Crippen molar-refractivity contribution >= 4 is 41.5 Å². The predicted molar refractivity (Wildman–Crippen MR) is 142 cm³/mol. The first-order chi connectivity index (χ1) is 15.7. The zero-order valence-electron chi connectivity index (χ0n) is 19.1. The number of anilines is 1. The van der Waals surface area contributed by atoms with Crippen molar-refractivity contribution in [3.05, 3.63) is 53.6 Å². The highest BCUT2D eigenvalue weighted by atomic mass is 127. The summed E-state index contributed by atoms with van der Waals surface area (Å²) in [5.74, 6) is 2.31. The van der Waals surface area contributed by atoms with Gasteiger partial charge in [-0.1, -0.05) is 12.1 Å². The number of benzene rings is 2. The van der Waals surface area contributed by atoms with E-state index in [-0.39, 0.29) is 29.9 Å². The molecule has 33 heavy (non-hydrogen) atoms. The second-order valence-electron chi connectivity index (χ2n) is 8.09. The lowest BCUT2D eigenvalue weighted by molar-refractivity contribution is 0.0724. The highest BCUT2D eigenvalue weighted by Gasteiger charge is 2.18. The standard InChI is InChI=1S/C25H32N4O3.HI/c1-2-26-25(28-21-10-11-22-23(17-21)32-15-7-14-31-22)27-18-19-8-6-9-20(16-19)24(30)29-12-4-3-5-13-29;/h6,8-11,16-17H,2-5,7,12-15,18H2,1H3,(H2,26,27,28);1H. The van der Waals surface area contributed by atoms with Gasteiger partial charge in [-0.15, -0.1) is 24.0 Å². The van der Waals surface area contributed by atoms with Crippen molar-refractivity contribution in [1.29, 1.82) is 0 Å². The number of carbonyl (C=O) groups is 1. The van der Waals surface area contributed by atoms with Crippen LogP contribution in [0.15, 0.2) is 47.5 Å². The van der Waals surface area contributed by atoms with Crippen molar-refractivity contribution < 1.29 is 14.3 Å². The third-order valence-electron chi connectivity index (χ3n) is 5.59. The van der Waals surface area contributed by atoms with Crippen molar-refractivity contribution in [1.82, 2.24) is 10.2 Å². The van der Waals surface area contributed by atoms with Crippen molar-refractivity contribution in [2.45, 2.75) is 39.2 Å². The molecule has 7 nitrogen and oxygen atoms in total. The molecule has 0 aromatic heterocycles. The minimum Gasteiger partial charge on any atom is -0.490 e. The van der Waals surface area contributed by atoms with E-state index in [1.807, 2.05) is 54.3 Å². The predicted octanol–water partition coefficient (Wildman–Crippen LogP) is 4.67. The number of nitrogens with one attached hydrogen (secondary N) is 2. The van der Waals surface area contributed by atoms with Gasteiger partial charge in [0.05, 0.1) is 19.8 Å². The Morgan fingerprint density at radius 3 is 2.58 bits per heavy atom. The number of carbonyl (C=O) groups excluding carboxylic acids is 1. The highest BCUT2D eigenvalue weighted by molar-refractivity contribution is 14.0. The number of hydrogen-bond donors (Lipinski definition) is 2. The fourth-order valence-corrected chi connectivity index (χ4v) is 3.94. The summed E-state index contributed by atoms with van der Waals surface area (Å²) in [5, 5.41) is 6.61. The molecule has 178 valence electrons. The van der Waals surface area contributed by atoms with Crippen LogP contribution in [0.5, 0.6) is 11.5 Å². The van der Waals surface area contributed by atoms with Crippen molar-refractivity contribution in [2.24, 2.45) is 4.99 Å². The number of halogens is 1. The maximum Gasteiger partial charge on any atom is 0.253 e. The number of piperidine rings is 1. The van der Waals surface area contributed by atoms with Crippen molar-refractivity contribution in [2.75, 3.05) is 38.2 Å². The molecule has 2 aliphatic rings. The van der Waals surface area contributed by atoms with Gasteiger partial charge in [0, 0.05) is 43.4 Å². The van der Waals surface area contributed by atoms with Crippen LogP contribution in [-0.4, -0.2) is 49.6 Å². The third kappa shape index (κ3) is 6.99. The molecular formula is C25H33IN4O3. The normalized spacial score (nSPS) is 15.8. The average molecular weight is 564 g/mol. The number of nitrogens with zero attached hydrogens (tertiary/aromatic N) is 2. The van der Waals surface area contributed by atoms with Gasteiger partial charge >= 0.3 is 0 Å². The molecule has 0 radical (unpaired) electrons. The Bertz CT molecular complexity index is 960. The summed E-state index contributed by atoms with van der Waals surface area (Å²) in [6, 6.07) is 13.6. The van der Waals surface area contributed by atoms with Crippen LogP contribution in [0.2, 0.25) is 0 Å². The lowest BCUT2D eigenvalue weighted by Crippen LogP contribution is -2.35. The zero-order chi connectivity index (χ0) is 22.2. The van der Waals surface area contributed by atoms with Crippen molar-refractivity contribution in [3.63, 3.8) is 0 Å². The van der Waals surface area contributed by atoms with E-state index in [9.17, 15) is 4.79 Å². The van der Waals surface area contributed by atoms with E-state index in [1.165, 1.54) is 6.42 Å². The van der Waals surface area contributed by atoms with Crippen LogP contribution in [0.1, 0.15) is 48.5 Å². The van der Waals surface area contributed by atoms with Crippen LogP contribution in [0.4, 0.5) is 5.69 Å². The first-order valence-electron chi connectivity index (χ1n) is 11.6. The molecule has 1 amide bonds. The summed E-state index contributed by atoms with van der Waals surface area (Å²) >= 11 is 0. The van der Waals surface area contributed by atoms with Gasteiger partial charge in [0.2, 0.25) is 0 Å². The monoisotopic (exact) mass is 564 g/mol. The Balaban J connectivity index is 0.00000306. The number of rotatable bonds is 5. The van der Waals surface area contributed by atoms with Gasteiger partial charge < -0.3 is 25.0 Å². The van der Waals surface area contributed by atoms with E-state index in [0.29, 0.717) is 25.7 Å². The van der Waals surface area contributed by atoms with E-state index in [4.69, 9.17) is 14.5 Å².